The maximum absolute atomic E-state index is 13.1. The van der Waals surface area contributed by atoms with Gasteiger partial charge in [0.25, 0.3) is 5.69 Å². The van der Waals surface area contributed by atoms with Crippen LogP contribution in [0.25, 0.3) is 0 Å². The lowest BCUT2D eigenvalue weighted by Gasteiger charge is -2.10. The third-order valence-corrected chi connectivity index (χ3v) is 2.87. The van der Waals surface area contributed by atoms with Crippen LogP contribution < -0.4 is 5.32 Å². The number of nitro groups is 1. The van der Waals surface area contributed by atoms with E-state index in [1.807, 2.05) is 0 Å². The van der Waals surface area contributed by atoms with Crippen LogP contribution in [-0.4, -0.2) is 16.0 Å². The zero-order chi connectivity index (χ0) is 15.4. The molecule has 2 N–H and O–H groups in total. The van der Waals surface area contributed by atoms with Crippen molar-refractivity contribution in [2.24, 2.45) is 0 Å². The molecule has 2 rings (SSSR count). The normalized spacial score (nSPS) is 10.1. The second kappa shape index (κ2) is 6.00. The number of anilines is 1. The Labute approximate surface area is 119 Å². The van der Waals surface area contributed by atoms with Gasteiger partial charge >= 0.3 is 5.97 Å². The van der Waals surface area contributed by atoms with Gasteiger partial charge in [0.15, 0.2) is 0 Å². The first-order valence-electron chi connectivity index (χ1n) is 5.98. The molecule has 0 aromatic heterocycles. The second-order valence-electron chi connectivity index (χ2n) is 4.23. The number of carboxylic acids is 1. The molecule has 21 heavy (non-hydrogen) atoms. The van der Waals surface area contributed by atoms with Crippen molar-refractivity contribution < 1.29 is 19.2 Å². The smallest absolute Gasteiger partial charge is 0.337 e. The largest absolute Gasteiger partial charge is 0.478 e. The van der Waals surface area contributed by atoms with Crippen LogP contribution in [-0.2, 0) is 6.54 Å². The summed E-state index contributed by atoms with van der Waals surface area (Å²) in [5, 5.41) is 22.7. The molecule has 0 fully saturated rings. The Morgan fingerprint density at radius 2 is 2.00 bits per heavy atom. The Morgan fingerprint density at radius 3 is 2.67 bits per heavy atom. The maximum atomic E-state index is 13.1. The number of nitrogens with one attached hydrogen (secondary N) is 1. The first-order valence-corrected chi connectivity index (χ1v) is 5.98. The molecule has 0 unspecified atom stereocenters. The molecule has 108 valence electrons. The van der Waals surface area contributed by atoms with Crippen molar-refractivity contribution in [2.75, 3.05) is 5.32 Å². The number of halogens is 1. The molecule has 0 amide bonds. The lowest BCUT2D eigenvalue weighted by Crippen LogP contribution is -2.08. The minimum Gasteiger partial charge on any atom is -0.478 e. The van der Waals surface area contributed by atoms with Crippen LogP contribution in [0.15, 0.2) is 42.5 Å². The van der Waals surface area contributed by atoms with Gasteiger partial charge in [-0.1, -0.05) is 18.2 Å². The molecule has 0 saturated heterocycles. The van der Waals surface area contributed by atoms with Gasteiger partial charge in [-0.3, -0.25) is 10.1 Å². The molecule has 0 heterocycles. The van der Waals surface area contributed by atoms with Crippen molar-refractivity contribution in [1.29, 1.82) is 0 Å². The van der Waals surface area contributed by atoms with Crippen molar-refractivity contribution in [2.45, 2.75) is 6.54 Å². The average molecular weight is 290 g/mol. The van der Waals surface area contributed by atoms with E-state index < -0.39 is 16.7 Å². The molecular weight excluding hydrogens is 279 g/mol. The highest BCUT2D eigenvalue weighted by Gasteiger charge is 2.14. The summed E-state index contributed by atoms with van der Waals surface area (Å²) in [5.74, 6) is -1.94. The van der Waals surface area contributed by atoms with E-state index in [1.165, 1.54) is 12.1 Å². The summed E-state index contributed by atoms with van der Waals surface area (Å²) in [6.07, 6.45) is 0. The van der Waals surface area contributed by atoms with Gasteiger partial charge in [0, 0.05) is 23.9 Å². The zero-order valence-electron chi connectivity index (χ0n) is 10.7. The van der Waals surface area contributed by atoms with Gasteiger partial charge in [0.2, 0.25) is 0 Å². The number of nitrogens with zero attached hydrogens (tertiary/aromatic N) is 1. The molecule has 0 bridgehead atoms. The van der Waals surface area contributed by atoms with Crippen molar-refractivity contribution in [3.63, 3.8) is 0 Å². The predicted molar refractivity (Wildman–Crippen MR) is 73.8 cm³/mol. The lowest BCUT2D eigenvalue weighted by atomic mass is 10.1. The fourth-order valence-electron chi connectivity index (χ4n) is 1.88. The van der Waals surface area contributed by atoms with Crippen molar-refractivity contribution in [3.05, 3.63) is 69.5 Å². The number of rotatable bonds is 5. The molecule has 0 saturated carbocycles. The van der Waals surface area contributed by atoms with Crippen molar-refractivity contribution in [3.8, 4) is 0 Å². The van der Waals surface area contributed by atoms with E-state index in [2.05, 4.69) is 5.32 Å². The zero-order valence-corrected chi connectivity index (χ0v) is 10.7. The monoisotopic (exact) mass is 290 g/mol. The summed E-state index contributed by atoms with van der Waals surface area (Å²) in [6, 6.07) is 9.41. The highest BCUT2D eigenvalue weighted by Crippen LogP contribution is 2.22. The molecule has 0 aliphatic carbocycles. The van der Waals surface area contributed by atoms with E-state index in [0.29, 0.717) is 5.56 Å². The fourth-order valence-corrected chi connectivity index (χ4v) is 1.88. The summed E-state index contributed by atoms with van der Waals surface area (Å²) in [7, 11) is 0. The fraction of sp³-hybridized carbons (Fsp3) is 0.0714. The van der Waals surface area contributed by atoms with Gasteiger partial charge in [-0.2, -0.15) is 0 Å². The molecule has 0 radical (unpaired) electrons. The van der Waals surface area contributed by atoms with E-state index in [9.17, 15) is 19.3 Å². The van der Waals surface area contributed by atoms with E-state index >= 15 is 0 Å². The van der Waals surface area contributed by atoms with Gasteiger partial charge in [-0.15, -0.1) is 0 Å². The van der Waals surface area contributed by atoms with Gasteiger partial charge in [0.05, 0.1) is 10.5 Å². The van der Waals surface area contributed by atoms with Crippen LogP contribution in [0.5, 0.6) is 0 Å². The Bertz CT molecular complexity index is 703. The Kier molecular flexibility index (Phi) is 4.13. The van der Waals surface area contributed by atoms with Gasteiger partial charge < -0.3 is 10.4 Å². The minimum absolute atomic E-state index is 0.0586. The van der Waals surface area contributed by atoms with Gasteiger partial charge in [0.1, 0.15) is 5.82 Å². The van der Waals surface area contributed by atoms with E-state index in [4.69, 9.17) is 5.11 Å². The quantitative estimate of drug-likeness (QED) is 0.652. The summed E-state index contributed by atoms with van der Waals surface area (Å²) < 4.78 is 13.1. The van der Waals surface area contributed by atoms with Crippen LogP contribution in [0.4, 0.5) is 15.8 Å². The average Bonchev–Trinajstić information content (AvgIpc) is 2.46. The van der Waals surface area contributed by atoms with Crippen molar-refractivity contribution in [1.82, 2.24) is 0 Å². The number of hydrogen-bond donors (Lipinski definition) is 2. The number of carbonyl (C=O) groups is 1. The Morgan fingerprint density at radius 1 is 1.29 bits per heavy atom. The third-order valence-electron chi connectivity index (χ3n) is 2.87. The van der Waals surface area contributed by atoms with Crippen LogP contribution in [0.1, 0.15) is 15.9 Å². The second-order valence-corrected chi connectivity index (χ2v) is 4.23. The summed E-state index contributed by atoms with van der Waals surface area (Å²) in [4.78, 5) is 21.4. The lowest BCUT2D eigenvalue weighted by molar-refractivity contribution is -0.385. The first kappa shape index (κ1) is 14.4. The molecule has 0 spiro atoms. The van der Waals surface area contributed by atoms with E-state index in [1.54, 1.807) is 18.2 Å². The Balaban J connectivity index is 2.25. The molecule has 0 aliphatic heterocycles. The molecular formula is C14H11FN2O4. The molecule has 6 nitrogen and oxygen atoms in total. The molecule has 2 aromatic carbocycles. The van der Waals surface area contributed by atoms with Crippen molar-refractivity contribution >= 4 is 17.3 Å². The van der Waals surface area contributed by atoms with Crippen LogP contribution in [0, 0.1) is 15.9 Å². The number of hydrogen-bond acceptors (Lipinski definition) is 4. The van der Waals surface area contributed by atoms with Gasteiger partial charge in [-0.05, 0) is 18.2 Å². The summed E-state index contributed by atoms with van der Waals surface area (Å²) in [6.45, 7) is 0.0586. The third kappa shape index (κ3) is 3.33. The summed E-state index contributed by atoms with van der Waals surface area (Å²) >= 11 is 0. The number of benzene rings is 2. The molecule has 7 heteroatoms. The highest BCUT2D eigenvalue weighted by atomic mass is 19.1. The van der Waals surface area contributed by atoms with E-state index in [-0.39, 0.29) is 23.5 Å². The first-order chi connectivity index (χ1) is 9.99. The van der Waals surface area contributed by atoms with Crippen LogP contribution >= 0.6 is 0 Å². The molecule has 2 aromatic rings. The number of carboxylic acid groups (broad SMARTS) is 1. The highest BCUT2D eigenvalue weighted by molar-refractivity contribution is 5.94. The Hall–Kier alpha value is -2.96. The van der Waals surface area contributed by atoms with Crippen LogP contribution in [0.3, 0.4) is 0 Å². The summed E-state index contributed by atoms with van der Waals surface area (Å²) in [5.41, 5.74) is 0.308. The predicted octanol–water partition coefficient (Wildman–Crippen LogP) is 3.04. The number of nitro benzene ring substituents is 1. The molecule has 0 aliphatic rings. The standard InChI is InChI=1S/C14H11FN2O4/c15-10-5-6-12(11(7-10)14(18)19)16-8-9-3-1-2-4-13(9)17(20)21/h1-7,16H,8H2,(H,18,19). The van der Waals surface area contributed by atoms with E-state index in [0.717, 1.165) is 12.1 Å². The maximum Gasteiger partial charge on any atom is 0.337 e. The molecule has 0 atom stereocenters. The minimum atomic E-state index is -1.28. The number of aromatic carboxylic acids is 1. The number of para-hydroxylation sites is 1. The van der Waals surface area contributed by atoms with Gasteiger partial charge in [-0.25, -0.2) is 9.18 Å². The SMILES string of the molecule is O=C(O)c1cc(F)ccc1NCc1ccccc1[N+](=O)[O-]. The van der Waals surface area contributed by atoms with Crippen LogP contribution in [0.2, 0.25) is 0 Å². The topological polar surface area (TPSA) is 92.5 Å².